The summed E-state index contributed by atoms with van der Waals surface area (Å²) in [6, 6.07) is 7.77. The van der Waals surface area contributed by atoms with E-state index in [0.29, 0.717) is 18.8 Å². The number of hydrogen-bond donors (Lipinski definition) is 1. The molecule has 2 aliphatic heterocycles. The molecule has 5 nitrogen and oxygen atoms in total. The molecule has 2 aliphatic carbocycles. The molecular weight excluding hydrogens is 337 g/mol. The summed E-state index contributed by atoms with van der Waals surface area (Å²) in [6.07, 6.45) is 1.86. The fraction of sp³-hybridized carbons (Fsp3) is 0.600. The Labute approximate surface area is 152 Å². The van der Waals surface area contributed by atoms with Gasteiger partial charge in [0.1, 0.15) is 18.8 Å². The Hall–Kier alpha value is -2.11. The number of carbonyl (C=O) groups excluding carboxylic acids is 1. The van der Waals surface area contributed by atoms with E-state index < -0.39 is 36.2 Å². The predicted molar refractivity (Wildman–Crippen MR) is 92.1 cm³/mol. The molecule has 0 unspecified atom stereocenters. The summed E-state index contributed by atoms with van der Waals surface area (Å²) >= 11 is 0. The lowest BCUT2D eigenvalue weighted by molar-refractivity contribution is -0.168. The molecule has 6 heteroatoms. The molecule has 5 atom stereocenters. The molecule has 2 saturated heterocycles. The molecule has 2 bridgehead atoms. The fourth-order valence-corrected chi connectivity index (χ4v) is 4.75. The van der Waals surface area contributed by atoms with Gasteiger partial charge >= 0.3 is 12.1 Å². The van der Waals surface area contributed by atoms with Crippen LogP contribution in [0.5, 0.6) is 0 Å². The number of fused-ring (bicyclic) bond motifs is 3. The van der Waals surface area contributed by atoms with Gasteiger partial charge in [-0.15, -0.1) is 0 Å². The second-order valence-electron chi connectivity index (χ2n) is 7.82. The highest BCUT2D eigenvalue weighted by Crippen LogP contribution is 2.50. The predicted octanol–water partition coefficient (Wildman–Crippen LogP) is 3.63. The van der Waals surface area contributed by atoms with Crippen molar-refractivity contribution in [1.29, 1.82) is 0 Å². The monoisotopic (exact) mass is 361 g/mol. The molecule has 1 N–H and O–H groups in total. The van der Waals surface area contributed by atoms with Crippen LogP contribution in [-0.2, 0) is 16.1 Å². The van der Waals surface area contributed by atoms with E-state index in [-0.39, 0.29) is 12.5 Å². The summed E-state index contributed by atoms with van der Waals surface area (Å²) in [5.41, 5.74) is 0.826. The zero-order chi connectivity index (χ0) is 18.3. The van der Waals surface area contributed by atoms with Crippen LogP contribution in [0.25, 0.3) is 0 Å². The minimum absolute atomic E-state index is 0.0729. The Kier molecular flexibility index (Phi) is 4.59. The van der Waals surface area contributed by atoms with E-state index in [0.717, 1.165) is 24.8 Å². The van der Waals surface area contributed by atoms with Crippen molar-refractivity contribution in [3.05, 3.63) is 35.9 Å². The Morgan fingerprint density at radius 3 is 2.54 bits per heavy atom. The maximum atomic E-state index is 15.1. The van der Waals surface area contributed by atoms with E-state index in [1.54, 1.807) is 0 Å². The first-order valence-corrected chi connectivity index (χ1v) is 9.42. The first-order chi connectivity index (χ1) is 12.6. The Balaban J connectivity index is 1.50. The molecule has 4 aliphatic rings. The van der Waals surface area contributed by atoms with E-state index in [2.05, 4.69) is 0 Å². The van der Waals surface area contributed by atoms with E-state index >= 15 is 4.39 Å². The van der Waals surface area contributed by atoms with Gasteiger partial charge in [0.15, 0.2) is 0 Å². The molecule has 1 aromatic rings. The summed E-state index contributed by atoms with van der Waals surface area (Å²) in [5, 5.41) is 9.71. The molecular formula is C20H24FNO4. The number of benzene rings is 1. The van der Waals surface area contributed by atoms with Gasteiger partial charge in [0.25, 0.3) is 0 Å². The van der Waals surface area contributed by atoms with Gasteiger partial charge in [0.05, 0.1) is 0 Å². The highest BCUT2D eigenvalue weighted by Gasteiger charge is 2.58. The normalized spacial score (nSPS) is 33.1. The topological polar surface area (TPSA) is 66.8 Å². The molecule has 1 amide bonds. The molecule has 2 saturated carbocycles. The molecule has 0 spiro atoms. The number of amides is 1. The summed E-state index contributed by atoms with van der Waals surface area (Å²) in [7, 11) is 0. The molecule has 4 fully saturated rings. The maximum Gasteiger partial charge on any atom is 0.408 e. The van der Waals surface area contributed by atoms with Crippen LogP contribution in [0.1, 0.15) is 37.7 Å². The number of hydrogen-bond acceptors (Lipinski definition) is 3. The number of piperidine rings is 2. The van der Waals surface area contributed by atoms with Crippen LogP contribution in [0, 0.1) is 17.8 Å². The van der Waals surface area contributed by atoms with Crippen molar-refractivity contribution < 1.29 is 23.8 Å². The van der Waals surface area contributed by atoms with Gasteiger partial charge in [-0.25, -0.2) is 14.0 Å². The summed E-state index contributed by atoms with van der Waals surface area (Å²) in [6.45, 7) is 0.0729. The highest BCUT2D eigenvalue weighted by atomic mass is 19.1. The van der Waals surface area contributed by atoms with Gasteiger partial charge < -0.3 is 9.84 Å². The second-order valence-corrected chi connectivity index (χ2v) is 7.82. The van der Waals surface area contributed by atoms with E-state index in [9.17, 15) is 14.7 Å². The molecule has 0 aromatic heterocycles. The van der Waals surface area contributed by atoms with Gasteiger partial charge in [0.2, 0.25) is 0 Å². The lowest BCUT2D eigenvalue weighted by Gasteiger charge is -2.54. The molecule has 5 rings (SSSR count). The quantitative estimate of drug-likeness (QED) is 0.814. The number of ether oxygens (including phenoxy) is 1. The average Bonchev–Trinajstić information content (AvgIpc) is 3.46. The minimum atomic E-state index is -1.14. The van der Waals surface area contributed by atoms with Crippen molar-refractivity contribution in [2.45, 2.75) is 57.0 Å². The smallest absolute Gasteiger partial charge is 0.408 e. The van der Waals surface area contributed by atoms with E-state index in [4.69, 9.17) is 4.74 Å². The molecule has 26 heavy (non-hydrogen) atoms. The second kappa shape index (κ2) is 6.89. The molecule has 0 radical (unpaired) electrons. The first-order valence-electron chi connectivity index (χ1n) is 9.42. The van der Waals surface area contributed by atoms with E-state index in [1.165, 1.54) is 4.90 Å². The fourth-order valence-electron chi connectivity index (χ4n) is 4.75. The van der Waals surface area contributed by atoms with Crippen LogP contribution in [0.4, 0.5) is 9.18 Å². The third-order valence-corrected chi connectivity index (χ3v) is 6.16. The maximum absolute atomic E-state index is 15.1. The van der Waals surface area contributed by atoms with Gasteiger partial charge in [-0.3, -0.25) is 4.90 Å². The molecule has 140 valence electrons. The summed E-state index contributed by atoms with van der Waals surface area (Å²) < 4.78 is 20.5. The number of halogens is 1. The van der Waals surface area contributed by atoms with Crippen LogP contribution in [0.3, 0.4) is 0 Å². The largest absolute Gasteiger partial charge is 0.465 e. The molecule has 1 aromatic carbocycles. The van der Waals surface area contributed by atoms with Crippen LogP contribution >= 0.6 is 0 Å². The van der Waals surface area contributed by atoms with Crippen LogP contribution in [0.2, 0.25) is 0 Å². The minimum Gasteiger partial charge on any atom is -0.465 e. The van der Waals surface area contributed by atoms with E-state index in [1.807, 2.05) is 30.3 Å². The Bertz CT molecular complexity index is 678. The van der Waals surface area contributed by atoms with Gasteiger partial charge in [0, 0.05) is 17.9 Å². The number of alkyl halides is 1. The van der Waals surface area contributed by atoms with Crippen LogP contribution in [-0.4, -0.2) is 40.3 Å². The van der Waals surface area contributed by atoms with Gasteiger partial charge in [-0.1, -0.05) is 43.2 Å². The highest BCUT2D eigenvalue weighted by molar-refractivity contribution is 5.82. The SMILES string of the molecule is O=C(OCc1ccccc1)[C@@H]1[C@@H]2CC[C@@H]([C@@H](CC3CC3)[C@@H]2F)N1C(=O)O. The zero-order valence-electron chi connectivity index (χ0n) is 14.6. The van der Waals surface area contributed by atoms with Gasteiger partial charge in [-0.05, 0) is 30.7 Å². The molecule has 2 heterocycles. The van der Waals surface area contributed by atoms with Gasteiger partial charge in [-0.2, -0.15) is 0 Å². The number of carboxylic acid groups (broad SMARTS) is 1. The standard InChI is InChI=1S/C20H24FNO4/c21-17-14-8-9-16(15(17)10-12-6-7-12)22(20(24)25)18(14)19(23)26-11-13-4-2-1-3-5-13/h1-5,12,14-18H,6-11H2,(H,24,25)/t14-,15-,16+,17-,18+/m1/s1. The first kappa shape index (κ1) is 17.3. The van der Waals surface area contributed by atoms with Crippen molar-refractivity contribution in [3.8, 4) is 0 Å². The Morgan fingerprint density at radius 2 is 1.88 bits per heavy atom. The summed E-state index contributed by atoms with van der Waals surface area (Å²) in [5.74, 6) is -0.978. The third kappa shape index (κ3) is 3.17. The summed E-state index contributed by atoms with van der Waals surface area (Å²) in [4.78, 5) is 25.8. The number of esters is 1. The zero-order valence-corrected chi connectivity index (χ0v) is 14.6. The Morgan fingerprint density at radius 1 is 1.15 bits per heavy atom. The van der Waals surface area contributed by atoms with Crippen molar-refractivity contribution in [2.24, 2.45) is 17.8 Å². The number of nitrogens with zero attached hydrogens (tertiary/aromatic N) is 1. The van der Waals surface area contributed by atoms with Crippen molar-refractivity contribution in [2.75, 3.05) is 0 Å². The average molecular weight is 361 g/mol. The van der Waals surface area contributed by atoms with Crippen molar-refractivity contribution in [1.82, 2.24) is 4.90 Å². The van der Waals surface area contributed by atoms with Crippen LogP contribution < -0.4 is 0 Å². The third-order valence-electron chi connectivity index (χ3n) is 6.16. The van der Waals surface area contributed by atoms with Crippen molar-refractivity contribution in [3.63, 3.8) is 0 Å². The number of carbonyl (C=O) groups is 2. The lowest BCUT2D eigenvalue weighted by atomic mass is 9.66. The van der Waals surface area contributed by atoms with Crippen molar-refractivity contribution >= 4 is 12.1 Å². The number of rotatable bonds is 5. The van der Waals surface area contributed by atoms with Crippen LogP contribution in [0.15, 0.2) is 30.3 Å². The lowest BCUT2D eigenvalue weighted by Crippen LogP contribution is -2.67.